The molecule has 0 spiro atoms. The van der Waals surface area contributed by atoms with Gasteiger partial charge in [0, 0.05) is 0 Å². The number of anilines is 2. The molecule has 2 aliphatic rings. The van der Waals surface area contributed by atoms with E-state index in [4.69, 9.17) is 9.47 Å². The number of rotatable bonds is 2. The topological polar surface area (TPSA) is 59.1 Å². The van der Waals surface area contributed by atoms with Gasteiger partial charge in [-0.3, -0.25) is 9.80 Å². The maximum atomic E-state index is 14.2. The standard InChI is InChI=1S/C13H13FN2O4/c1-8-7-16(13(18)20-8)11-3-2-9(6-10(11)14)15-4-5-19-12(15)17/h2-3,6,8H,4-5,7H2,1H3. The summed E-state index contributed by atoms with van der Waals surface area (Å²) in [5.74, 6) is -0.576. The minimum Gasteiger partial charge on any atom is -0.447 e. The molecule has 0 bridgehead atoms. The van der Waals surface area contributed by atoms with Crippen molar-refractivity contribution in [2.75, 3.05) is 29.5 Å². The van der Waals surface area contributed by atoms with Crippen LogP contribution in [0.1, 0.15) is 6.92 Å². The fourth-order valence-corrected chi connectivity index (χ4v) is 2.31. The molecule has 20 heavy (non-hydrogen) atoms. The number of hydrogen-bond acceptors (Lipinski definition) is 4. The summed E-state index contributed by atoms with van der Waals surface area (Å²) in [4.78, 5) is 25.6. The van der Waals surface area contributed by atoms with Crippen molar-refractivity contribution in [2.24, 2.45) is 0 Å². The average Bonchev–Trinajstić information content (AvgIpc) is 2.95. The largest absolute Gasteiger partial charge is 0.447 e. The fraction of sp³-hybridized carbons (Fsp3) is 0.385. The van der Waals surface area contributed by atoms with E-state index in [0.29, 0.717) is 18.8 Å². The first-order valence-corrected chi connectivity index (χ1v) is 6.28. The number of cyclic esters (lactones) is 2. The van der Waals surface area contributed by atoms with Crippen LogP contribution in [0.2, 0.25) is 0 Å². The quantitative estimate of drug-likeness (QED) is 0.832. The molecule has 1 atom stereocenters. The van der Waals surface area contributed by atoms with E-state index >= 15 is 0 Å². The minimum atomic E-state index is -0.576. The molecule has 0 N–H and O–H groups in total. The van der Waals surface area contributed by atoms with Crippen LogP contribution in [0.15, 0.2) is 18.2 Å². The molecule has 0 aromatic heterocycles. The number of carbonyl (C=O) groups is 2. The molecule has 2 saturated heterocycles. The van der Waals surface area contributed by atoms with Crippen LogP contribution >= 0.6 is 0 Å². The molecule has 2 aliphatic heterocycles. The minimum absolute atomic E-state index is 0.149. The van der Waals surface area contributed by atoms with Crippen molar-refractivity contribution in [2.45, 2.75) is 13.0 Å². The van der Waals surface area contributed by atoms with Crippen molar-refractivity contribution in [1.29, 1.82) is 0 Å². The Morgan fingerprint density at radius 1 is 1.25 bits per heavy atom. The predicted octanol–water partition coefficient (Wildman–Crippen LogP) is 2.13. The molecule has 3 rings (SSSR count). The number of ether oxygens (including phenoxy) is 2. The third-order valence-electron chi connectivity index (χ3n) is 3.26. The first-order valence-electron chi connectivity index (χ1n) is 6.28. The second kappa shape index (κ2) is 4.66. The van der Waals surface area contributed by atoms with Gasteiger partial charge < -0.3 is 9.47 Å². The van der Waals surface area contributed by atoms with Crippen LogP contribution in [0.25, 0.3) is 0 Å². The van der Waals surface area contributed by atoms with Crippen molar-refractivity contribution >= 4 is 23.6 Å². The number of hydrogen-bond donors (Lipinski definition) is 0. The van der Waals surface area contributed by atoms with Crippen LogP contribution in [0.4, 0.5) is 25.4 Å². The van der Waals surface area contributed by atoms with Gasteiger partial charge in [0.05, 0.1) is 24.5 Å². The summed E-state index contributed by atoms with van der Waals surface area (Å²) >= 11 is 0. The number of halogens is 1. The number of nitrogens with zero attached hydrogens (tertiary/aromatic N) is 2. The van der Waals surface area contributed by atoms with E-state index in [1.165, 1.54) is 21.9 Å². The normalized spacial score (nSPS) is 22.2. The van der Waals surface area contributed by atoms with Crippen molar-refractivity contribution in [3.63, 3.8) is 0 Å². The third kappa shape index (κ3) is 2.04. The average molecular weight is 280 g/mol. The number of benzene rings is 1. The smallest absolute Gasteiger partial charge is 0.414 e. The molecule has 2 heterocycles. The summed E-state index contributed by atoms with van der Waals surface area (Å²) in [5.41, 5.74) is 0.560. The van der Waals surface area contributed by atoms with Gasteiger partial charge in [0.15, 0.2) is 0 Å². The van der Waals surface area contributed by atoms with Crippen LogP contribution in [0, 0.1) is 5.82 Å². The Bertz CT molecular complexity index is 577. The lowest BCUT2D eigenvalue weighted by Crippen LogP contribution is -2.26. The first-order chi connectivity index (χ1) is 9.56. The molecule has 1 aromatic carbocycles. The van der Waals surface area contributed by atoms with Crippen LogP contribution in [0.3, 0.4) is 0 Å². The van der Waals surface area contributed by atoms with E-state index in [1.54, 1.807) is 13.0 Å². The van der Waals surface area contributed by atoms with Gasteiger partial charge in [-0.05, 0) is 25.1 Å². The lowest BCUT2D eigenvalue weighted by molar-refractivity contribution is 0.149. The molecule has 106 valence electrons. The summed E-state index contributed by atoms with van der Waals surface area (Å²) in [6.07, 6.45) is -1.33. The van der Waals surface area contributed by atoms with Gasteiger partial charge in [-0.15, -0.1) is 0 Å². The summed E-state index contributed by atoms with van der Waals surface area (Å²) in [6, 6.07) is 4.27. The van der Waals surface area contributed by atoms with Crippen molar-refractivity contribution < 1.29 is 23.5 Å². The third-order valence-corrected chi connectivity index (χ3v) is 3.26. The maximum absolute atomic E-state index is 14.2. The first kappa shape index (κ1) is 12.7. The van der Waals surface area contributed by atoms with Crippen LogP contribution in [-0.4, -0.2) is 38.0 Å². The van der Waals surface area contributed by atoms with E-state index in [0.717, 1.165) is 0 Å². The lowest BCUT2D eigenvalue weighted by Gasteiger charge is -2.17. The van der Waals surface area contributed by atoms with E-state index in [9.17, 15) is 14.0 Å². The van der Waals surface area contributed by atoms with Gasteiger partial charge in [-0.2, -0.15) is 0 Å². The second-order valence-electron chi connectivity index (χ2n) is 4.71. The SMILES string of the molecule is CC1CN(c2ccc(N3CCOC3=O)cc2F)C(=O)O1. The molecular weight excluding hydrogens is 267 g/mol. The lowest BCUT2D eigenvalue weighted by atomic mass is 10.2. The molecule has 2 fully saturated rings. The summed E-state index contributed by atoms with van der Waals surface area (Å²) < 4.78 is 23.9. The van der Waals surface area contributed by atoms with Gasteiger partial charge in [0.1, 0.15) is 18.5 Å². The summed E-state index contributed by atoms with van der Waals surface area (Å²) in [5, 5.41) is 0. The van der Waals surface area contributed by atoms with Gasteiger partial charge >= 0.3 is 12.2 Å². The Morgan fingerprint density at radius 2 is 2.05 bits per heavy atom. The highest BCUT2D eigenvalue weighted by Gasteiger charge is 2.32. The number of carbonyl (C=O) groups excluding carboxylic acids is 2. The molecule has 1 unspecified atom stereocenters. The Morgan fingerprint density at radius 3 is 2.60 bits per heavy atom. The van der Waals surface area contributed by atoms with Gasteiger partial charge in [-0.1, -0.05) is 0 Å². The highest BCUT2D eigenvalue weighted by molar-refractivity contribution is 5.92. The van der Waals surface area contributed by atoms with Gasteiger partial charge in [-0.25, -0.2) is 14.0 Å². The Balaban J connectivity index is 1.88. The van der Waals surface area contributed by atoms with Crippen LogP contribution in [-0.2, 0) is 9.47 Å². The highest BCUT2D eigenvalue weighted by Crippen LogP contribution is 2.29. The number of amides is 2. The van der Waals surface area contributed by atoms with Crippen molar-refractivity contribution in [3.05, 3.63) is 24.0 Å². The van der Waals surface area contributed by atoms with Crippen LogP contribution < -0.4 is 9.80 Å². The predicted molar refractivity (Wildman–Crippen MR) is 68.4 cm³/mol. The summed E-state index contributed by atoms with van der Waals surface area (Å²) in [7, 11) is 0. The zero-order chi connectivity index (χ0) is 14.3. The van der Waals surface area contributed by atoms with E-state index in [1.807, 2.05) is 0 Å². The van der Waals surface area contributed by atoms with E-state index in [-0.39, 0.29) is 18.4 Å². The molecule has 2 amide bonds. The zero-order valence-corrected chi connectivity index (χ0v) is 10.8. The fourth-order valence-electron chi connectivity index (χ4n) is 2.31. The molecule has 7 heteroatoms. The highest BCUT2D eigenvalue weighted by atomic mass is 19.1. The molecule has 1 aromatic rings. The second-order valence-corrected chi connectivity index (χ2v) is 4.71. The van der Waals surface area contributed by atoms with Gasteiger partial charge in [0.2, 0.25) is 0 Å². The Labute approximate surface area is 114 Å². The molecule has 6 nitrogen and oxygen atoms in total. The summed E-state index contributed by atoms with van der Waals surface area (Å²) in [6.45, 7) is 2.73. The Hall–Kier alpha value is -2.31. The van der Waals surface area contributed by atoms with Crippen molar-refractivity contribution in [1.82, 2.24) is 0 Å². The van der Waals surface area contributed by atoms with Gasteiger partial charge in [0.25, 0.3) is 0 Å². The molecule has 0 saturated carbocycles. The monoisotopic (exact) mass is 280 g/mol. The Kier molecular flexibility index (Phi) is 2.96. The molecular formula is C13H13FN2O4. The van der Waals surface area contributed by atoms with Crippen LogP contribution in [0.5, 0.6) is 0 Å². The zero-order valence-electron chi connectivity index (χ0n) is 10.8. The van der Waals surface area contributed by atoms with Crippen molar-refractivity contribution in [3.8, 4) is 0 Å². The molecule has 0 aliphatic carbocycles. The maximum Gasteiger partial charge on any atom is 0.414 e. The van der Waals surface area contributed by atoms with E-state index < -0.39 is 18.0 Å². The van der Waals surface area contributed by atoms with E-state index in [2.05, 4.69) is 0 Å². The molecule has 0 radical (unpaired) electrons.